The summed E-state index contributed by atoms with van der Waals surface area (Å²) in [5.74, 6) is -1.26. The molecule has 2 aliphatic rings. The summed E-state index contributed by atoms with van der Waals surface area (Å²) in [7, 11) is 2.76. The minimum absolute atomic E-state index is 0.0961. The van der Waals surface area contributed by atoms with Crippen LogP contribution in [0.25, 0.3) is 0 Å². The number of aliphatic imine (C=N–C) groups is 2. The second-order valence-electron chi connectivity index (χ2n) is 7.44. The standard InChI is InChI=1S/C22H21ClF2N4O5/c1-10-26-20-19(21(27-10)33-3)28-22(31)29(20)15-7-17(11(8-30)6-13(15)23)34-9-12-16(32-2)5-4-14(24)18(12)25/h4-7,19-20,30H,8-9H2,1-3H3,(H,28,31). The van der Waals surface area contributed by atoms with E-state index in [9.17, 15) is 18.7 Å². The van der Waals surface area contributed by atoms with Gasteiger partial charge in [-0.15, -0.1) is 0 Å². The number of aliphatic hydroxyl groups is 1. The molecule has 2 unspecified atom stereocenters. The number of hydrogen-bond acceptors (Lipinski definition) is 7. The molecule has 2 atom stereocenters. The first-order valence-electron chi connectivity index (χ1n) is 10.1. The summed E-state index contributed by atoms with van der Waals surface area (Å²) in [6.45, 7) is 0.813. The van der Waals surface area contributed by atoms with Gasteiger partial charge >= 0.3 is 6.03 Å². The number of ether oxygens (including phenoxy) is 3. The molecule has 2 N–H and O–H groups in total. The second-order valence-corrected chi connectivity index (χ2v) is 7.85. The van der Waals surface area contributed by atoms with Crippen LogP contribution in [0.5, 0.6) is 11.5 Å². The van der Waals surface area contributed by atoms with E-state index in [4.69, 9.17) is 25.8 Å². The monoisotopic (exact) mass is 494 g/mol. The predicted molar refractivity (Wildman–Crippen MR) is 121 cm³/mol. The van der Waals surface area contributed by atoms with Crippen LogP contribution in [-0.4, -0.2) is 49.3 Å². The molecule has 4 rings (SSSR count). The van der Waals surface area contributed by atoms with Crippen LogP contribution in [0, 0.1) is 11.6 Å². The molecule has 0 spiro atoms. The van der Waals surface area contributed by atoms with Gasteiger partial charge in [0.05, 0.1) is 37.1 Å². The number of aliphatic hydroxyl groups excluding tert-OH is 1. The number of urea groups is 1. The van der Waals surface area contributed by atoms with Gasteiger partial charge in [0.15, 0.2) is 17.8 Å². The number of amidine groups is 1. The third kappa shape index (κ3) is 4.12. The highest BCUT2D eigenvalue weighted by Crippen LogP contribution is 2.38. The van der Waals surface area contributed by atoms with E-state index >= 15 is 0 Å². The Kier molecular flexibility index (Phi) is 6.58. The molecule has 34 heavy (non-hydrogen) atoms. The maximum absolute atomic E-state index is 14.4. The number of carbonyl (C=O) groups excluding carboxylic acids is 1. The number of rotatable bonds is 6. The molecule has 2 aliphatic heterocycles. The molecule has 9 nitrogen and oxygen atoms in total. The fourth-order valence-corrected chi connectivity index (χ4v) is 4.10. The van der Waals surface area contributed by atoms with E-state index in [-0.39, 0.29) is 33.3 Å². The Morgan fingerprint density at radius 2 is 1.97 bits per heavy atom. The van der Waals surface area contributed by atoms with Gasteiger partial charge in [-0.1, -0.05) is 11.6 Å². The Hall–Kier alpha value is -3.44. The number of anilines is 1. The van der Waals surface area contributed by atoms with Crippen molar-refractivity contribution in [2.75, 3.05) is 19.1 Å². The fourth-order valence-electron chi connectivity index (χ4n) is 3.82. The number of nitrogens with one attached hydrogen (secondary N) is 1. The number of fused-ring (bicyclic) bond motifs is 1. The van der Waals surface area contributed by atoms with Crippen LogP contribution in [0.15, 0.2) is 34.3 Å². The first-order chi connectivity index (χ1) is 16.3. The topological polar surface area (TPSA) is 105 Å². The van der Waals surface area contributed by atoms with Crippen LogP contribution in [0.3, 0.4) is 0 Å². The van der Waals surface area contributed by atoms with Crippen molar-refractivity contribution >= 4 is 35.1 Å². The van der Waals surface area contributed by atoms with Crippen molar-refractivity contribution in [1.82, 2.24) is 5.32 Å². The van der Waals surface area contributed by atoms with Gasteiger partial charge in [-0.25, -0.2) is 23.6 Å². The Labute approximate surface area is 198 Å². The zero-order valence-corrected chi connectivity index (χ0v) is 19.2. The van der Waals surface area contributed by atoms with E-state index in [1.807, 2.05) is 0 Å². The normalized spacial score (nSPS) is 19.3. The van der Waals surface area contributed by atoms with Crippen molar-refractivity contribution in [2.45, 2.75) is 32.3 Å². The molecule has 2 aromatic carbocycles. The molecule has 2 amide bonds. The Morgan fingerprint density at radius 1 is 1.21 bits per heavy atom. The average molecular weight is 495 g/mol. The maximum atomic E-state index is 14.4. The number of amides is 2. The van der Waals surface area contributed by atoms with Gasteiger partial charge in [-0.2, -0.15) is 0 Å². The molecular formula is C22H21ClF2N4O5. The van der Waals surface area contributed by atoms with Crippen LogP contribution in [0.2, 0.25) is 5.02 Å². The molecule has 0 saturated carbocycles. The summed E-state index contributed by atoms with van der Waals surface area (Å²) >= 11 is 6.45. The van der Waals surface area contributed by atoms with E-state index in [1.54, 1.807) is 6.92 Å². The maximum Gasteiger partial charge on any atom is 0.324 e. The summed E-state index contributed by atoms with van der Waals surface area (Å²) < 4.78 is 44.2. The fraction of sp³-hybridized carbons (Fsp3) is 0.318. The van der Waals surface area contributed by atoms with Crippen molar-refractivity contribution in [2.24, 2.45) is 9.98 Å². The highest BCUT2D eigenvalue weighted by Gasteiger charge is 2.46. The molecular weight excluding hydrogens is 474 g/mol. The minimum Gasteiger partial charge on any atom is -0.496 e. The van der Waals surface area contributed by atoms with Crippen molar-refractivity contribution < 1.29 is 32.9 Å². The molecule has 2 aromatic rings. The third-order valence-corrected chi connectivity index (χ3v) is 5.73. The van der Waals surface area contributed by atoms with E-state index in [2.05, 4.69) is 15.3 Å². The number of halogens is 3. The van der Waals surface area contributed by atoms with Gasteiger partial charge in [0.1, 0.15) is 30.0 Å². The number of hydrogen-bond donors (Lipinski definition) is 2. The molecule has 0 radical (unpaired) electrons. The summed E-state index contributed by atoms with van der Waals surface area (Å²) in [5.41, 5.74) is 0.373. The van der Waals surface area contributed by atoms with Crippen LogP contribution in [-0.2, 0) is 18.0 Å². The van der Waals surface area contributed by atoms with Crippen molar-refractivity contribution in [3.8, 4) is 11.5 Å². The first-order valence-corrected chi connectivity index (χ1v) is 10.5. The van der Waals surface area contributed by atoms with Gasteiger partial charge in [-0.05, 0) is 25.1 Å². The van der Waals surface area contributed by atoms with E-state index in [0.717, 1.165) is 6.07 Å². The molecule has 1 saturated heterocycles. The van der Waals surface area contributed by atoms with Gasteiger partial charge in [0.25, 0.3) is 0 Å². The molecule has 0 aromatic heterocycles. The number of benzene rings is 2. The largest absolute Gasteiger partial charge is 0.496 e. The number of nitrogens with zero attached hydrogens (tertiary/aromatic N) is 3. The van der Waals surface area contributed by atoms with E-state index in [1.165, 1.54) is 37.3 Å². The molecule has 1 fully saturated rings. The van der Waals surface area contributed by atoms with Crippen LogP contribution >= 0.6 is 11.6 Å². The Morgan fingerprint density at radius 3 is 2.65 bits per heavy atom. The molecule has 2 heterocycles. The van der Waals surface area contributed by atoms with Crippen LogP contribution in [0.4, 0.5) is 19.3 Å². The zero-order chi connectivity index (χ0) is 24.6. The average Bonchev–Trinajstić information content (AvgIpc) is 3.15. The molecule has 0 aliphatic carbocycles. The molecule has 12 heteroatoms. The Bertz CT molecular complexity index is 1210. The van der Waals surface area contributed by atoms with Crippen LogP contribution in [0.1, 0.15) is 18.1 Å². The van der Waals surface area contributed by atoms with Crippen molar-refractivity contribution in [3.63, 3.8) is 0 Å². The van der Waals surface area contributed by atoms with Gasteiger partial charge in [-0.3, -0.25) is 4.90 Å². The minimum atomic E-state index is -1.11. The number of carbonyl (C=O) groups is 1. The van der Waals surface area contributed by atoms with Gasteiger partial charge in [0, 0.05) is 11.6 Å². The predicted octanol–water partition coefficient (Wildman–Crippen LogP) is 3.40. The van der Waals surface area contributed by atoms with Crippen molar-refractivity contribution in [1.29, 1.82) is 0 Å². The quantitative estimate of drug-likeness (QED) is 0.640. The summed E-state index contributed by atoms with van der Waals surface area (Å²) in [4.78, 5) is 22.8. The summed E-state index contributed by atoms with van der Waals surface area (Å²) in [6.07, 6.45) is -0.731. The lowest BCUT2D eigenvalue weighted by molar-refractivity contribution is 0.250. The lowest BCUT2D eigenvalue weighted by atomic mass is 10.1. The zero-order valence-electron chi connectivity index (χ0n) is 18.4. The van der Waals surface area contributed by atoms with E-state index in [0.29, 0.717) is 11.7 Å². The van der Waals surface area contributed by atoms with Crippen molar-refractivity contribution in [3.05, 3.63) is 52.0 Å². The molecule has 180 valence electrons. The van der Waals surface area contributed by atoms with Gasteiger partial charge in [0.2, 0.25) is 5.90 Å². The highest BCUT2D eigenvalue weighted by atomic mass is 35.5. The van der Waals surface area contributed by atoms with Crippen LogP contribution < -0.4 is 19.7 Å². The lowest BCUT2D eigenvalue weighted by Crippen LogP contribution is -2.44. The second kappa shape index (κ2) is 9.43. The first kappa shape index (κ1) is 23.7. The SMILES string of the molecule is COC1=NC(C)=NC2C1NC(=O)N2c1cc(OCc2c(OC)ccc(F)c2F)c(CO)cc1Cl. The lowest BCUT2D eigenvalue weighted by Gasteiger charge is -2.27. The number of methoxy groups -OCH3 is 2. The summed E-state index contributed by atoms with van der Waals surface area (Å²) in [5, 5.41) is 12.7. The third-order valence-electron chi connectivity index (χ3n) is 5.43. The smallest absolute Gasteiger partial charge is 0.324 e. The highest BCUT2D eigenvalue weighted by molar-refractivity contribution is 6.34. The Balaban J connectivity index is 1.70. The summed E-state index contributed by atoms with van der Waals surface area (Å²) in [6, 6.07) is 3.96. The van der Waals surface area contributed by atoms with E-state index < -0.39 is 43.1 Å². The van der Waals surface area contributed by atoms with Gasteiger partial charge < -0.3 is 24.6 Å². The molecule has 0 bridgehead atoms.